The van der Waals surface area contributed by atoms with Crippen molar-refractivity contribution < 1.29 is 0 Å². The number of nitrogens with zero attached hydrogens (tertiary/aromatic N) is 6. The van der Waals surface area contributed by atoms with Crippen LogP contribution in [0.2, 0.25) is 0 Å². The van der Waals surface area contributed by atoms with Crippen molar-refractivity contribution in [2.45, 2.75) is 10.8 Å². The molecule has 0 saturated heterocycles. The molecule has 0 saturated carbocycles. The van der Waals surface area contributed by atoms with E-state index in [0.717, 1.165) is 89.1 Å². The number of fused-ring (bicyclic) bond motifs is 22. The Morgan fingerprint density at radius 1 is 0.191 bits per heavy atom. The van der Waals surface area contributed by atoms with Crippen LogP contribution < -0.4 is 0 Å². The lowest BCUT2D eigenvalue weighted by Crippen LogP contribution is -2.25. The number of hydrogen-bond acceptors (Lipinski definition) is 6. The fraction of sp³-hybridized carbons (Fsp3) is 0.0227. The summed E-state index contributed by atoms with van der Waals surface area (Å²) in [6, 6.07) is 110. The lowest BCUT2D eigenvalue weighted by molar-refractivity contribution is 0.794. The van der Waals surface area contributed by atoms with Gasteiger partial charge < -0.3 is 0 Å². The second kappa shape index (κ2) is 20.1. The van der Waals surface area contributed by atoms with E-state index in [1.54, 1.807) is 0 Å². The van der Waals surface area contributed by atoms with Crippen molar-refractivity contribution in [3.63, 3.8) is 0 Å². The first-order valence-corrected chi connectivity index (χ1v) is 32.1. The van der Waals surface area contributed by atoms with Gasteiger partial charge in [0.05, 0.1) is 44.6 Å². The van der Waals surface area contributed by atoms with E-state index in [9.17, 15) is 0 Å². The van der Waals surface area contributed by atoms with Gasteiger partial charge in [-0.15, -0.1) is 0 Å². The van der Waals surface area contributed by atoms with E-state index >= 15 is 0 Å². The van der Waals surface area contributed by atoms with Crippen molar-refractivity contribution in [2.24, 2.45) is 0 Å². The molecule has 6 heteroatoms. The molecule has 0 aliphatic heterocycles. The van der Waals surface area contributed by atoms with Crippen molar-refractivity contribution in [2.75, 3.05) is 0 Å². The molecule has 0 radical (unpaired) electrons. The molecule has 434 valence electrons. The number of benzene rings is 12. The minimum absolute atomic E-state index is 0.503. The van der Waals surface area contributed by atoms with Crippen LogP contribution >= 0.6 is 0 Å². The Labute approximate surface area is 543 Å². The molecule has 0 bridgehead atoms. The van der Waals surface area contributed by atoms with Crippen LogP contribution in [0.1, 0.15) is 44.5 Å². The van der Waals surface area contributed by atoms with E-state index < -0.39 is 10.8 Å². The van der Waals surface area contributed by atoms with Gasteiger partial charge in [-0.05, 0) is 137 Å². The van der Waals surface area contributed by atoms with Crippen molar-refractivity contribution in [1.82, 2.24) is 29.9 Å². The van der Waals surface area contributed by atoms with E-state index in [0.29, 0.717) is 11.6 Å². The molecule has 2 spiro atoms. The summed E-state index contributed by atoms with van der Waals surface area (Å²) in [5, 5.41) is 2.11. The summed E-state index contributed by atoms with van der Waals surface area (Å²) in [6.45, 7) is 0. The van der Waals surface area contributed by atoms with Crippen molar-refractivity contribution in [3.8, 4) is 123 Å². The molecule has 94 heavy (non-hydrogen) atoms. The number of aromatic nitrogens is 6. The lowest BCUT2D eigenvalue weighted by atomic mass is 9.70. The highest BCUT2D eigenvalue weighted by Crippen LogP contribution is 2.65. The molecule has 20 rings (SSSR count). The maximum absolute atomic E-state index is 5.50. The first-order valence-electron chi connectivity index (χ1n) is 32.1. The Morgan fingerprint density at radius 3 is 0.819 bits per heavy atom. The lowest BCUT2D eigenvalue weighted by Gasteiger charge is -2.30. The number of hydrogen-bond donors (Lipinski definition) is 0. The Hall–Kier alpha value is -12.4. The van der Waals surface area contributed by atoms with Gasteiger partial charge in [0.2, 0.25) is 0 Å². The monoisotopic (exact) mass is 1190 g/mol. The molecule has 4 aliphatic carbocycles. The Morgan fingerprint density at radius 2 is 0.468 bits per heavy atom. The highest BCUT2D eigenvalue weighted by Gasteiger charge is 2.53. The van der Waals surface area contributed by atoms with Crippen LogP contribution in [0.25, 0.3) is 145 Å². The third-order valence-electron chi connectivity index (χ3n) is 20.5. The summed E-state index contributed by atoms with van der Waals surface area (Å²) in [5.74, 6) is 1.30. The van der Waals surface area contributed by atoms with Gasteiger partial charge in [0, 0.05) is 56.5 Å². The molecule has 0 atom stereocenters. The van der Waals surface area contributed by atoms with Crippen LogP contribution in [0, 0.1) is 0 Å². The predicted molar refractivity (Wildman–Crippen MR) is 379 cm³/mol. The first-order chi connectivity index (χ1) is 46.6. The first kappa shape index (κ1) is 52.4. The van der Waals surface area contributed by atoms with Gasteiger partial charge in [-0.2, -0.15) is 0 Å². The highest BCUT2D eigenvalue weighted by atomic mass is 14.9. The van der Waals surface area contributed by atoms with Crippen molar-refractivity contribution in [3.05, 3.63) is 360 Å². The zero-order valence-corrected chi connectivity index (χ0v) is 50.7. The Balaban J connectivity index is 0.688. The zero-order valence-electron chi connectivity index (χ0n) is 50.7. The predicted octanol–water partition coefficient (Wildman–Crippen LogP) is 20.7. The Kier molecular flexibility index (Phi) is 11.2. The molecular formula is C88H52N6. The van der Waals surface area contributed by atoms with E-state index in [1.807, 2.05) is 24.5 Å². The van der Waals surface area contributed by atoms with E-state index in [1.165, 1.54) is 89.0 Å². The summed E-state index contributed by atoms with van der Waals surface area (Å²) in [6.07, 6.45) is 3.72. The van der Waals surface area contributed by atoms with Gasteiger partial charge in [-0.3, -0.25) is 9.97 Å². The molecule has 0 fully saturated rings. The molecule has 16 aromatic rings. The summed E-state index contributed by atoms with van der Waals surface area (Å²) >= 11 is 0. The highest BCUT2D eigenvalue weighted by molar-refractivity contribution is 6.00. The minimum Gasteiger partial charge on any atom is -0.256 e. The van der Waals surface area contributed by atoms with Crippen LogP contribution in [0.15, 0.2) is 316 Å². The fourth-order valence-electron chi connectivity index (χ4n) is 16.5. The molecule has 0 amide bonds. The normalized spacial score (nSPS) is 13.5. The molecule has 12 aromatic carbocycles. The maximum Gasteiger partial charge on any atom is 0.160 e. The minimum atomic E-state index is -0.503. The van der Waals surface area contributed by atoms with Crippen LogP contribution in [-0.4, -0.2) is 29.9 Å². The van der Waals surface area contributed by atoms with Gasteiger partial charge in [0.25, 0.3) is 0 Å². The third kappa shape index (κ3) is 7.42. The number of pyridine rings is 2. The van der Waals surface area contributed by atoms with Gasteiger partial charge in [0.15, 0.2) is 11.6 Å². The van der Waals surface area contributed by atoms with Gasteiger partial charge >= 0.3 is 0 Å². The van der Waals surface area contributed by atoms with Crippen LogP contribution in [0.3, 0.4) is 0 Å². The zero-order chi connectivity index (χ0) is 61.6. The van der Waals surface area contributed by atoms with E-state index in [-0.39, 0.29) is 0 Å². The van der Waals surface area contributed by atoms with Crippen LogP contribution in [-0.2, 0) is 10.8 Å². The summed E-state index contributed by atoms with van der Waals surface area (Å²) < 4.78 is 0. The Bertz CT molecular complexity index is 5390. The average Bonchev–Trinajstić information content (AvgIpc) is 1.52. The fourth-order valence-corrected chi connectivity index (χ4v) is 16.5. The maximum atomic E-state index is 5.50. The molecule has 4 aliphatic rings. The van der Waals surface area contributed by atoms with Gasteiger partial charge in [0.1, 0.15) is 0 Å². The molecule has 4 heterocycles. The summed E-state index contributed by atoms with van der Waals surface area (Å²) in [5.41, 5.74) is 32.3. The summed E-state index contributed by atoms with van der Waals surface area (Å²) in [7, 11) is 0. The quantitative estimate of drug-likeness (QED) is 0.158. The molecule has 6 nitrogen and oxygen atoms in total. The van der Waals surface area contributed by atoms with Crippen molar-refractivity contribution in [1.29, 1.82) is 0 Å². The van der Waals surface area contributed by atoms with Crippen LogP contribution in [0.4, 0.5) is 0 Å². The topological polar surface area (TPSA) is 77.3 Å². The summed E-state index contributed by atoms with van der Waals surface area (Å²) in [4.78, 5) is 31.8. The van der Waals surface area contributed by atoms with Gasteiger partial charge in [-0.1, -0.05) is 267 Å². The molecule has 4 aromatic heterocycles. The molecule has 0 N–H and O–H groups in total. The number of rotatable bonds is 7. The second-order valence-electron chi connectivity index (χ2n) is 25.1. The molecule has 0 unspecified atom stereocenters. The smallest absolute Gasteiger partial charge is 0.160 e. The van der Waals surface area contributed by atoms with Crippen molar-refractivity contribution >= 4 is 21.8 Å². The largest absolute Gasteiger partial charge is 0.256 e. The average molecular weight is 1190 g/mol. The standard InChI is InChI=1S/C88H52N6/c1-7-29-71-61(21-1)62-22-2-8-30-72(62)87(71)75-33-11-5-25-65(75)67-45-43-59(49-77(67)87)85-91-79(51-81(93-85)69-27-13-17-57-19-15-47-89-83(57)69)55-39-35-53(36-40-55)54-37-41-56(42-38-54)80-52-82(70-28-14-18-58-20-16-48-90-84(58)70)94-86(92-80)60-44-46-68-66-26-6-12-34-76(66)88(78(68)50-60)73-31-9-3-23-63(73)64-24-4-10-32-74(64)88/h1-52H. The molecular weight excluding hydrogens is 1140 g/mol. The SMILES string of the molecule is c1ccc2c(c1)-c1ccccc1C21c2ccccc2-c2ccc(-c3nc(-c4ccc(-c5ccc(-c6cc(-c7cccc8cccnc78)nc(-c7ccc8c(c7)C7(c9ccccc9-c9ccccc97)c7ccccc7-8)n6)cc5)cc4)cc(-c4cccc5cccnc45)n3)cc21. The van der Waals surface area contributed by atoms with Gasteiger partial charge in [-0.25, -0.2) is 19.9 Å². The van der Waals surface area contributed by atoms with Crippen LogP contribution in [0.5, 0.6) is 0 Å². The third-order valence-corrected chi connectivity index (χ3v) is 20.5. The van der Waals surface area contributed by atoms with E-state index in [4.69, 9.17) is 29.9 Å². The second-order valence-corrected chi connectivity index (χ2v) is 25.1. The number of para-hydroxylation sites is 2. The van der Waals surface area contributed by atoms with E-state index in [2.05, 4.69) is 291 Å².